The zero-order valence-electron chi connectivity index (χ0n) is 4.77. The van der Waals surface area contributed by atoms with Crippen LogP contribution in [0.1, 0.15) is 0 Å². The molecule has 1 N–H and O–H groups in total. The van der Waals surface area contributed by atoms with Crippen molar-refractivity contribution in [1.82, 2.24) is 0 Å². The maximum atomic E-state index is 10.2. The summed E-state index contributed by atoms with van der Waals surface area (Å²) in [5.74, 6) is -1.12. The number of hydrogen-bond donors (Lipinski definition) is 1. The molecule has 5 nitrogen and oxygen atoms in total. The van der Waals surface area contributed by atoms with E-state index in [2.05, 4.69) is 9.27 Å². The van der Waals surface area contributed by atoms with Crippen LogP contribution in [0.2, 0.25) is 0 Å². The normalized spacial score (nSPS) is 11.6. The third-order valence-corrected chi connectivity index (χ3v) is 1.16. The van der Waals surface area contributed by atoms with E-state index in [1.165, 1.54) is 7.11 Å². The molecule has 0 aliphatic heterocycles. The molecule has 0 amide bonds. The smallest absolute Gasteiger partial charge is 0.341 e. The van der Waals surface area contributed by atoms with Crippen molar-refractivity contribution >= 4 is 14.1 Å². The second kappa shape index (κ2) is 4.38. The molecule has 0 aromatic heterocycles. The van der Waals surface area contributed by atoms with Gasteiger partial charge in [-0.3, -0.25) is 4.79 Å². The zero-order chi connectivity index (χ0) is 7.28. The summed E-state index contributed by atoms with van der Waals surface area (Å²) >= 11 is 0. The Bertz CT molecular complexity index is 134. The van der Waals surface area contributed by atoms with E-state index in [1.807, 2.05) is 0 Å². The molecule has 0 aromatic carbocycles. The van der Waals surface area contributed by atoms with Crippen LogP contribution in [0, 0.1) is 0 Å². The van der Waals surface area contributed by atoms with Gasteiger partial charge in [0.25, 0.3) is 0 Å². The summed E-state index contributed by atoms with van der Waals surface area (Å²) in [7, 11) is -0.918. The molecule has 0 aromatic rings. The predicted octanol–water partition coefficient (Wildman–Crippen LogP) is -0.427. The van der Waals surface area contributed by atoms with Crippen molar-refractivity contribution in [3.63, 3.8) is 0 Å². The van der Waals surface area contributed by atoms with Gasteiger partial charge < -0.3 is 10.00 Å². The van der Waals surface area contributed by atoms with Crippen LogP contribution in [-0.4, -0.2) is 24.7 Å². The molecule has 0 saturated carbocycles. The van der Waals surface area contributed by atoms with Gasteiger partial charge in [0.05, 0.1) is 7.11 Å². The average molecular weight is 151 g/mol. The number of carboxylic acids is 1. The van der Waals surface area contributed by atoms with Crippen LogP contribution in [0.5, 0.6) is 0 Å². The van der Waals surface area contributed by atoms with Crippen molar-refractivity contribution in [1.29, 1.82) is 0 Å². The minimum atomic E-state index is -2.12. The topological polar surface area (TPSA) is 82.0 Å². The molecule has 0 aliphatic rings. The lowest BCUT2D eigenvalue weighted by molar-refractivity contribution is -0.173. The average Bonchev–Trinajstić information content (AvgIpc) is 1.83. The van der Waals surface area contributed by atoms with Crippen molar-refractivity contribution in [2.24, 2.45) is 4.74 Å². The first-order valence-electron chi connectivity index (χ1n) is 2.07. The van der Waals surface area contributed by atoms with E-state index < -0.39 is 20.7 Å². The zero-order valence-corrected chi connectivity index (χ0v) is 5.67. The second-order valence-electron chi connectivity index (χ2n) is 1.11. The molecule has 0 fully saturated rings. The van der Waals surface area contributed by atoms with Gasteiger partial charge in [0.15, 0.2) is 6.54 Å². The number of hydrogen-bond acceptors (Lipinski definition) is 4. The fraction of sp³-hybridized carbons (Fsp3) is 0.667. The number of aliphatic carboxylic acids is 1. The van der Waals surface area contributed by atoms with Crippen LogP contribution in [-0.2, 0) is 9.32 Å². The molecule has 9 heavy (non-hydrogen) atoms. The second-order valence-corrected chi connectivity index (χ2v) is 2.24. The molecule has 0 rings (SSSR count). The maximum absolute atomic E-state index is 10.2. The highest BCUT2D eigenvalue weighted by Gasteiger charge is 1.98. The van der Waals surface area contributed by atoms with Crippen LogP contribution in [0.4, 0.5) is 0 Å². The minimum Gasteiger partial charge on any atom is -0.584 e. The van der Waals surface area contributed by atoms with E-state index in [-0.39, 0.29) is 0 Å². The fourth-order valence-corrected chi connectivity index (χ4v) is 0.528. The Morgan fingerprint density at radius 1 is 2.00 bits per heavy atom. The van der Waals surface area contributed by atoms with Crippen LogP contribution in [0.25, 0.3) is 0 Å². The summed E-state index contributed by atoms with van der Waals surface area (Å²) in [4.78, 5) is 20.0. The van der Waals surface area contributed by atoms with Crippen molar-refractivity contribution in [2.75, 3.05) is 13.7 Å². The number of nitrogens with zero attached hydrogens (tertiary/aromatic N) is 1. The number of carboxylic acid groups (broad SMARTS) is 1. The lowest BCUT2D eigenvalue weighted by Gasteiger charge is -1.85. The molecule has 1 unspecified atom stereocenters. The maximum Gasteiger partial charge on any atom is 0.341 e. The molecule has 0 saturated heterocycles. The first kappa shape index (κ1) is 8.49. The highest BCUT2D eigenvalue weighted by Crippen LogP contribution is 2.11. The summed E-state index contributed by atoms with van der Waals surface area (Å²) < 4.78 is 7.31. The monoisotopic (exact) mass is 151 g/mol. The third kappa shape index (κ3) is 5.36. The van der Waals surface area contributed by atoms with E-state index in [0.29, 0.717) is 0 Å². The Morgan fingerprint density at radius 2 is 2.56 bits per heavy atom. The molecule has 52 valence electrons. The van der Waals surface area contributed by atoms with Crippen molar-refractivity contribution < 1.29 is 19.3 Å². The van der Waals surface area contributed by atoms with Gasteiger partial charge >= 0.3 is 14.1 Å². The van der Waals surface area contributed by atoms with Gasteiger partial charge in [0.2, 0.25) is 0 Å². The van der Waals surface area contributed by atoms with Gasteiger partial charge in [0, 0.05) is 0 Å². The quantitative estimate of drug-likeness (QED) is 0.555. The lowest BCUT2D eigenvalue weighted by Crippen LogP contribution is -1.99. The Hall–Kier alpha value is -0.510. The predicted molar refractivity (Wildman–Crippen MR) is 28.9 cm³/mol. The van der Waals surface area contributed by atoms with Crippen molar-refractivity contribution in [3.8, 4) is 0 Å². The summed E-state index contributed by atoms with van der Waals surface area (Å²) in [5, 5.41) is 7.98. The highest BCUT2D eigenvalue weighted by atomic mass is 31.1. The van der Waals surface area contributed by atoms with Crippen molar-refractivity contribution in [3.05, 3.63) is 0 Å². The Balaban J connectivity index is 3.56. The van der Waals surface area contributed by atoms with Gasteiger partial charge in [0.1, 0.15) is 0 Å². The van der Waals surface area contributed by atoms with Crippen LogP contribution in [0.3, 0.4) is 0 Å². The Morgan fingerprint density at radius 3 is 2.89 bits per heavy atom. The summed E-state index contributed by atoms with van der Waals surface area (Å²) in [6.45, 7) is -0.469. The SMILES string of the molecule is CO[P+]([O-])=NCC(=O)O. The van der Waals surface area contributed by atoms with Crippen LogP contribution < -0.4 is 4.89 Å². The molecule has 1 atom stereocenters. The van der Waals surface area contributed by atoms with E-state index in [9.17, 15) is 9.69 Å². The minimum absolute atomic E-state index is 0.469. The molecule has 0 aliphatic carbocycles. The van der Waals surface area contributed by atoms with E-state index in [1.54, 1.807) is 0 Å². The van der Waals surface area contributed by atoms with E-state index in [0.717, 1.165) is 0 Å². The molecule has 6 heteroatoms. The standard InChI is InChI=1S/C3H6NO4P/c1-8-9(7)4-2-3(5)6/h2H2,1H3,(H,5,6). The van der Waals surface area contributed by atoms with Gasteiger partial charge in [-0.2, -0.15) is 4.52 Å². The first-order valence-corrected chi connectivity index (χ1v) is 3.20. The van der Waals surface area contributed by atoms with E-state index >= 15 is 0 Å². The third-order valence-electron chi connectivity index (χ3n) is 0.478. The van der Waals surface area contributed by atoms with Gasteiger partial charge in [-0.05, 0) is 0 Å². The molecule has 0 radical (unpaired) electrons. The van der Waals surface area contributed by atoms with Gasteiger partial charge in [-0.1, -0.05) is 4.74 Å². The van der Waals surface area contributed by atoms with Crippen LogP contribution >= 0.6 is 8.17 Å². The van der Waals surface area contributed by atoms with Crippen molar-refractivity contribution in [2.45, 2.75) is 0 Å². The molecule has 0 heterocycles. The fourth-order valence-electron chi connectivity index (χ4n) is 0.176. The molecular formula is C3H6NO4P. The van der Waals surface area contributed by atoms with Gasteiger partial charge in [-0.15, -0.1) is 0 Å². The molecule has 0 spiro atoms. The summed E-state index contributed by atoms with van der Waals surface area (Å²) in [5.41, 5.74) is 0. The summed E-state index contributed by atoms with van der Waals surface area (Å²) in [6, 6.07) is 0. The Kier molecular flexibility index (Phi) is 4.13. The highest BCUT2D eigenvalue weighted by molar-refractivity contribution is 7.33. The number of carbonyl (C=O) groups is 1. The first-order chi connectivity index (χ1) is 4.16. The van der Waals surface area contributed by atoms with E-state index in [4.69, 9.17) is 5.11 Å². The Labute approximate surface area is 52.9 Å². The lowest BCUT2D eigenvalue weighted by atomic mass is 10.7. The molecular weight excluding hydrogens is 145 g/mol. The molecule has 0 bridgehead atoms. The summed E-state index contributed by atoms with van der Waals surface area (Å²) in [6.07, 6.45) is 0. The largest absolute Gasteiger partial charge is 0.584 e. The van der Waals surface area contributed by atoms with Crippen LogP contribution in [0.15, 0.2) is 4.74 Å². The van der Waals surface area contributed by atoms with Gasteiger partial charge in [-0.25, -0.2) is 0 Å². The number of rotatable bonds is 3.